The first-order chi connectivity index (χ1) is 15.1. The predicted octanol–water partition coefficient (Wildman–Crippen LogP) is 1.53. The van der Waals surface area contributed by atoms with Gasteiger partial charge in [0.2, 0.25) is 5.95 Å². The van der Waals surface area contributed by atoms with Gasteiger partial charge < -0.3 is 14.9 Å². The summed E-state index contributed by atoms with van der Waals surface area (Å²) in [4.78, 5) is 16.9. The van der Waals surface area contributed by atoms with Gasteiger partial charge in [-0.1, -0.05) is 0 Å². The summed E-state index contributed by atoms with van der Waals surface area (Å²) < 4.78 is 27.1. The maximum Gasteiger partial charge on any atom is 0.268 e. The van der Waals surface area contributed by atoms with Crippen molar-refractivity contribution in [1.29, 1.82) is 0 Å². The lowest BCUT2D eigenvalue weighted by Gasteiger charge is -2.35. The molecule has 12 heteroatoms. The number of anilines is 2. The van der Waals surface area contributed by atoms with Crippen LogP contribution in [0.4, 0.5) is 20.5 Å². The molecule has 5 heterocycles. The number of hydrogen-bond donors (Lipinski definition) is 2. The average molecular weight is 427 g/mol. The molecule has 5 rings (SSSR count). The number of aliphatic hydroxyl groups is 1. The Balaban J connectivity index is 1.31. The van der Waals surface area contributed by atoms with Crippen LogP contribution in [0.5, 0.6) is 0 Å². The fourth-order valence-corrected chi connectivity index (χ4v) is 3.64. The molecule has 0 spiro atoms. The predicted molar refractivity (Wildman–Crippen MR) is 108 cm³/mol. The number of aromatic amines is 1. The van der Waals surface area contributed by atoms with E-state index in [4.69, 9.17) is 0 Å². The van der Waals surface area contributed by atoms with Crippen LogP contribution >= 0.6 is 0 Å². The summed E-state index contributed by atoms with van der Waals surface area (Å²) >= 11 is 0. The summed E-state index contributed by atoms with van der Waals surface area (Å²) in [6, 6.07) is 2.03. The first kappa shape index (κ1) is 19.3. The van der Waals surface area contributed by atoms with Crippen LogP contribution in [0.25, 0.3) is 16.6 Å². The second-order valence-corrected chi connectivity index (χ2v) is 7.20. The third kappa shape index (κ3) is 3.65. The van der Waals surface area contributed by atoms with Crippen molar-refractivity contribution in [3.05, 3.63) is 48.9 Å². The smallest absolute Gasteiger partial charge is 0.268 e. The van der Waals surface area contributed by atoms with Gasteiger partial charge in [0.05, 0.1) is 6.20 Å². The van der Waals surface area contributed by atoms with Crippen molar-refractivity contribution in [2.24, 2.45) is 0 Å². The highest BCUT2D eigenvalue weighted by Crippen LogP contribution is 2.27. The Kier molecular flexibility index (Phi) is 4.90. The van der Waals surface area contributed by atoms with Crippen LogP contribution < -0.4 is 9.80 Å². The van der Waals surface area contributed by atoms with E-state index in [1.165, 1.54) is 18.7 Å². The Morgan fingerprint density at radius 3 is 2.39 bits per heavy atom. The van der Waals surface area contributed by atoms with Crippen molar-refractivity contribution in [3.8, 4) is 11.1 Å². The first-order valence-corrected chi connectivity index (χ1v) is 9.71. The summed E-state index contributed by atoms with van der Waals surface area (Å²) in [6.45, 7) is 2.65. The van der Waals surface area contributed by atoms with Crippen LogP contribution in [0.3, 0.4) is 0 Å². The molecule has 4 aromatic heterocycles. The molecule has 0 saturated carbocycles. The zero-order valence-electron chi connectivity index (χ0n) is 16.3. The molecule has 4 aromatic rings. The van der Waals surface area contributed by atoms with Gasteiger partial charge >= 0.3 is 0 Å². The number of hydrogen-bond acceptors (Lipinski definition) is 8. The van der Waals surface area contributed by atoms with Gasteiger partial charge in [-0.2, -0.15) is 10.2 Å². The van der Waals surface area contributed by atoms with E-state index in [1.54, 1.807) is 10.7 Å². The van der Waals surface area contributed by atoms with E-state index >= 15 is 0 Å². The highest BCUT2D eigenvalue weighted by atomic mass is 19.3. The van der Waals surface area contributed by atoms with Crippen LogP contribution in [-0.2, 0) is 0 Å². The number of H-pyrrole nitrogens is 1. The largest absolute Gasteiger partial charge is 0.382 e. The van der Waals surface area contributed by atoms with Crippen molar-refractivity contribution in [3.63, 3.8) is 0 Å². The van der Waals surface area contributed by atoms with Crippen LogP contribution in [0.15, 0.2) is 43.4 Å². The van der Waals surface area contributed by atoms with Gasteiger partial charge in [-0.25, -0.2) is 28.2 Å². The van der Waals surface area contributed by atoms with Gasteiger partial charge in [0.1, 0.15) is 17.9 Å². The molecule has 2 N–H and O–H groups in total. The molecule has 0 radical (unpaired) electrons. The minimum atomic E-state index is -2.87. The Labute approximate surface area is 175 Å². The van der Waals surface area contributed by atoms with E-state index in [0.29, 0.717) is 32.1 Å². The summed E-state index contributed by atoms with van der Waals surface area (Å²) in [7, 11) is 0. The van der Waals surface area contributed by atoms with Gasteiger partial charge in [0.25, 0.3) is 6.43 Å². The van der Waals surface area contributed by atoms with Gasteiger partial charge in [-0.15, -0.1) is 0 Å². The Bertz CT molecular complexity index is 1160. The lowest BCUT2D eigenvalue weighted by Crippen LogP contribution is -2.47. The summed E-state index contributed by atoms with van der Waals surface area (Å²) in [6.07, 6.45) is 4.80. The monoisotopic (exact) mass is 427 g/mol. The summed E-state index contributed by atoms with van der Waals surface area (Å²) in [5.74, 6) is 1.28. The topological polar surface area (TPSA) is 111 Å². The van der Waals surface area contributed by atoms with Crippen molar-refractivity contribution in [1.82, 2.24) is 34.8 Å². The number of nitrogens with zero attached hydrogens (tertiary/aromatic N) is 8. The van der Waals surface area contributed by atoms with Crippen LogP contribution in [0.2, 0.25) is 0 Å². The number of alkyl halides is 2. The fraction of sp³-hybridized carbons (Fsp3) is 0.316. The molecular formula is C19H19F2N9O. The Morgan fingerprint density at radius 1 is 0.968 bits per heavy atom. The minimum Gasteiger partial charge on any atom is -0.382 e. The molecule has 31 heavy (non-hydrogen) atoms. The molecule has 1 unspecified atom stereocenters. The average Bonchev–Trinajstić information content (AvgIpc) is 3.48. The number of aromatic nitrogens is 7. The lowest BCUT2D eigenvalue weighted by molar-refractivity contribution is -0.00615. The van der Waals surface area contributed by atoms with E-state index < -0.39 is 12.5 Å². The van der Waals surface area contributed by atoms with Crippen molar-refractivity contribution in [2.45, 2.75) is 12.5 Å². The van der Waals surface area contributed by atoms with Gasteiger partial charge in [-0.3, -0.25) is 5.10 Å². The Morgan fingerprint density at radius 2 is 1.71 bits per heavy atom. The normalized spacial score (nSPS) is 15.7. The van der Waals surface area contributed by atoms with Crippen LogP contribution in [-0.4, -0.2) is 72.5 Å². The molecular weight excluding hydrogens is 408 g/mol. The standard InChI is InChI=1S/C19H19F2N9O/c20-17(21)16(31)14-6-22-19(23-7-14)29-3-1-28(2-4-29)18-15-5-12(13-8-25-26-9-13)10-30(15)27-11-24-18/h5-11,16-17,31H,1-4H2,(H,25,26). The second-order valence-electron chi connectivity index (χ2n) is 7.20. The van der Waals surface area contributed by atoms with Gasteiger partial charge in [0, 0.05) is 67.7 Å². The molecule has 1 fully saturated rings. The number of fused-ring (bicyclic) bond motifs is 1. The highest BCUT2D eigenvalue weighted by Gasteiger charge is 2.24. The van der Waals surface area contributed by atoms with Crippen LogP contribution in [0, 0.1) is 0 Å². The SMILES string of the molecule is OC(c1cnc(N2CCN(c3ncnn4cc(-c5cn[nH]c5)cc34)CC2)nc1)C(F)F. The van der Waals surface area contributed by atoms with Crippen molar-refractivity contribution >= 4 is 17.3 Å². The van der Waals surface area contributed by atoms with Crippen molar-refractivity contribution < 1.29 is 13.9 Å². The first-order valence-electron chi connectivity index (χ1n) is 9.71. The zero-order chi connectivity index (χ0) is 21.4. The molecule has 0 aliphatic carbocycles. The van der Waals surface area contributed by atoms with Crippen molar-refractivity contribution in [2.75, 3.05) is 36.0 Å². The molecule has 1 atom stereocenters. The maximum atomic E-state index is 12.6. The number of halogens is 2. The molecule has 0 amide bonds. The lowest BCUT2D eigenvalue weighted by atomic mass is 10.2. The van der Waals surface area contributed by atoms with Crippen LogP contribution in [0.1, 0.15) is 11.7 Å². The van der Waals surface area contributed by atoms with E-state index in [2.05, 4.69) is 35.1 Å². The summed E-state index contributed by atoms with van der Waals surface area (Å²) in [5, 5.41) is 20.6. The maximum absolute atomic E-state index is 12.6. The number of nitrogens with one attached hydrogen (secondary N) is 1. The number of rotatable bonds is 5. The fourth-order valence-electron chi connectivity index (χ4n) is 3.64. The summed E-state index contributed by atoms with van der Waals surface area (Å²) in [5.41, 5.74) is 2.86. The molecule has 1 saturated heterocycles. The molecule has 1 aliphatic rings. The zero-order valence-corrected chi connectivity index (χ0v) is 16.3. The molecule has 1 aliphatic heterocycles. The Hall–Kier alpha value is -3.67. The van der Waals surface area contributed by atoms with E-state index in [0.717, 1.165) is 22.5 Å². The van der Waals surface area contributed by atoms with E-state index in [9.17, 15) is 13.9 Å². The number of piperazine rings is 1. The van der Waals surface area contributed by atoms with Gasteiger partial charge in [-0.05, 0) is 6.07 Å². The molecule has 0 aromatic carbocycles. The number of aliphatic hydroxyl groups excluding tert-OH is 1. The minimum absolute atomic E-state index is 0.00224. The second kappa shape index (κ2) is 7.87. The highest BCUT2D eigenvalue weighted by molar-refractivity contribution is 5.77. The third-order valence-corrected chi connectivity index (χ3v) is 5.32. The molecule has 160 valence electrons. The third-order valence-electron chi connectivity index (χ3n) is 5.32. The van der Waals surface area contributed by atoms with E-state index in [1.807, 2.05) is 23.4 Å². The molecule has 10 nitrogen and oxygen atoms in total. The van der Waals surface area contributed by atoms with Gasteiger partial charge in [0.15, 0.2) is 5.82 Å². The van der Waals surface area contributed by atoms with E-state index in [-0.39, 0.29) is 5.56 Å². The quantitative estimate of drug-likeness (QED) is 0.493. The molecule has 0 bridgehead atoms.